The Morgan fingerprint density at radius 1 is 1.43 bits per heavy atom. The molecule has 0 aliphatic carbocycles. The van der Waals surface area contributed by atoms with Crippen molar-refractivity contribution in [3.63, 3.8) is 0 Å². The number of carbonyl (C=O) groups excluding carboxylic acids is 1. The molecule has 0 spiro atoms. The van der Waals surface area contributed by atoms with Crippen molar-refractivity contribution >= 4 is 11.9 Å². The van der Waals surface area contributed by atoms with E-state index in [-0.39, 0.29) is 18.0 Å². The van der Waals surface area contributed by atoms with Crippen LogP contribution < -0.4 is 11.1 Å². The van der Waals surface area contributed by atoms with E-state index in [1.165, 1.54) is 0 Å². The summed E-state index contributed by atoms with van der Waals surface area (Å²) in [5, 5.41) is 14.9. The Balaban J connectivity index is 1.75. The molecule has 2 atom stereocenters. The Kier molecular flexibility index (Phi) is 4.52. The van der Waals surface area contributed by atoms with Crippen LogP contribution in [-0.2, 0) is 4.79 Å². The number of rotatable bonds is 5. The van der Waals surface area contributed by atoms with Crippen molar-refractivity contribution in [1.82, 2.24) is 25.1 Å². The van der Waals surface area contributed by atoms with Crippen LogP contribution in [0.4, 0.5) is 5.95 Å². The van der Waals surface area contributed by atoms with Crippen LogP contribution in [0.2, 0.25) is 0 Å². The minimum absolute atomic E-state index is 0.0445. The van der Waals surface area contributed by atoms with Gasteiger partial charge in [-0.3, -0.25) is 4.79 Å². The molecule has 0 radical (unpaired) electrons. The Hall–Kier alpha value is -2.48. The van der Waals surface area contributed by atoms with Gasteiger partial charge in [0.15, 0.2) is 0 Å². The smallest absolute Gasteiger partial charge is 0.248 e. The number of tetrazole rings is 1. The lowest BCUT2D eigenvalue weighted by Gasteiger charge is -2.23. The molecule has 1 aliphatic heterocycles. The fourth-order valence-electron chi connectivity index (χ4n) is 2.72. The van der Waals surface area contributed by atoms with E-state index in [4.69, 9.17) is 5.73 Å². The molecule has 3 rings (SSSR count). The monoisotopic (exact) mass is 315 g/mol. The van der Waals surface area contributed by atoms with E-state index in [9.17, 15) is 4.79 Å². The summed E-state index contributed by atoms with van der Waals surface area (Å²) in [6, 6.07) is 9.27. The molecule has 8 heteroatoms. The zero-order valence-corrected chi connectivity index (χ0v) is 13.1. The number of para-hydroxylation sites is 1. The molecule has 1 fully saturated rings. The molecule has 2 aromatic rings. The second kappa shape index (κ2) is 6.74. The Labute approximate surface area is 134 Å². The third-order valence-corrected chi connectivity index (χ3v) is 4.02. The third-order valence-electron chi connectivity index (χ3n) is 4.02. The molecule has 23 heavy (non-hydrogen) atoms. The van der Waals surface area contributed by atoms with Crippen LogP contribution in [0.3, 0.4) is 0 Å². The Morgan fingerprint density at radius 3 is 2.87 bits per heavy atom. The largest absolute Gasteiger partial charge is 0.341 e. The first kappa shape index (κ1) is 15.4. The van der Waals surface area contributed by atoms with E-state index in [1.807, 2.05) is 42.2 Å². The van der Waals surface area contributed by atoms with Crippen molar-refractivity contribution in [2.45, 2.75) is 31.8 Å². The molecule has 1 aromatic heterocycles. The minimum Gasteiger partial charge on any atom is -0.341 e. The summed E-state index contributed by atoms with van der Waals surface area (Å²) < 4.78 is 1.59. The molecule has 1 unspecified atom stereocenters. The predicted molar refractivity (Wildman–Crippen MR) is 86.0 cm³/mol. The first-order valence-electron chi connectivity index (χ1n) is 7.83. The van der Waals surface area contributed by atoms with Gasteiger partial charge in [-0.2, -0.15) is 4.68 Å². The van der Waals surface area contributed by atoms with Crippen LogP contribution in [0.1, 0.15) is 19.8 Å². The Bertz CT molecular complexity index is 657. The van der Waals surface area contributed by atoms with Crippen LogP contribution in [0, 0.1) is 0 Å². The van der Waals surface area contributed by atoms with Gasteiger partial charge in [0.05, 0.1) is 5.69 Å². The van der Waals surface area contributed by atoms with E-state index in [0.29, 0.717) is 25.5 Å². The van der Waals surface area contributed by atoms with Gasteiger partial charge in [0.2, 0.25) is 11.9 Å². The van der Waals surface area contributed by atoms with Gasteiger partial charge in [-0.1, -0.05) is 30.2 Å². The molecule has 122 valence electrons. The highest BCUT2D eigenvalue weighted by Gasteiger charge is 2.29. The highest BCUT2D eigenvalue weighted by atomic mass is 16.2. The highest BCUT2D eigenvalue weighted by molar-refractivity contribution is 5.84. The SMILES string of the molecule is CCC(Nc1nnnn1-c1ccccc1)C(=O)N1CC[C@H](N)C1. The molecule has 0 bridgehead atoms. The van der Waals surface area contributed by atoms with Crippen LogP contribution in [0.5, 0.6) is 0 Å². The van der Waals surface area contributed by atoms with E-state index in [1.54, 1.807) is 4.68 Å². The maximum Gasteiger partial charge on any atom is 0.248 e. The molecule has 8 nitrogen and oxygen atoms in total. The summed E-state index contributed by atoms with van der Waals surface area (Å²) in [7, 11) is 0. The number of hydrogen-bond acceptors (Lipinski definition) is 6. The summed E-state index contributed by atoms with van der Waals surface area (Å²) in [5.41, 5.74) is 6.73. The zero-order valence-electron chi connectivity index (χ0n) is 13.1. The van der Waals surface area contributed by atoms with E-state index < -0.39 is 0 Å². The number of aromatic nitrogens is 4. The summed E-state index contributed by atoms with van der Waals surface area (Å²) in [6.45, 7) is 3.28. The fraction of sp³-hybridized carbons (Fsp3) is 0.467. The molecule has 1 amide bonds. The van der Waals surface area contributed by atoms with Crippen molar-refractivity contribution in [3.05, 3.63) is 30.3 Å². The van der Waals surface area contributed by atoms with Crippen molar-refractivity contribution in [2.75, 3.05) is 18.4 Å². The van der Waals surface area contributed by atoms with Gasteiger partial charge in [-0.15, -0.1) is 0 Å². The van der Waals surface area contributed by atoms with Crippen LogP contribution in [0.15, 0.2) is 30.3 Å². The van der Waals surface area contributed by atoms with Crippen LogP contribution in [0.25, 0.3) is 5.69 Å². The maximum atomic E-state index is 12.6. The van der Waals surface area contributed by atoms with Gasteiger partial charge in [0.25, 0.3) is 0 Å². The van der Waals surface area contributed by atoms with Gasteiger partial charge in [-0.25, -0.2) is 0 Å². The normalized spacial score (nSPS) is 18.9. The van der Waals surface area contributed by atoms with Gasteiger partial charge in [-0.05, 0) is 35.4 Å². The van der Waals surface area contributed by atoms with E-state index in [2.05, 4.69) is 20.8 Å². The van der Waals surface area contributed by atoms with Crippen molar-refractivity contribution in [1.29, 1.82) is 0 Å². The number of anilines is 1. The maximum absolute atomic E-state index is 12.6. The fourth-order valence-corrected chi connectivity index (χ4v) is 2.72. The summed E-state index contributed by atoms with van der Waals surface area (Å²) >= 11 is 0. The second-order valence-electron chi connectivity index (χ2n) is 5.69. The number of amides is 1. The molecule has 0 saturated carbocycles. The van der Waals surface area contributed by atoms with Crippen molar-refractivity contribution in [2.24, 2.45) is 5.73 Å². The third kappa shape index (κ3) is 3.31. The number of nitrogens with two attached hydrogens (primary N) is 1. The number of carbonyl (C=O) groups is 1. The number of likely N-dealkylation sites (tertiary alicyclic amines) is 1. The first-order valence-corrected chi connectivity index (χ1v) is 7.83. The molecular weight excluding hydrogens is 294 g/mol. The highest BCUT2D eigenvalue weighted by Crippen LogP contribution is 2.15. The predicted octanol–water partition coefficient (Wildman–Crippen LogP) is 0.412. The number of nitrogens with zero attached hydrogens (tertiary/aromatic N) is 5. The van der Waals surface area contributed by atoms with E-state index >= 15 is 0 Å². The molecule has 2 heterocycles. The number of nitrogens with one attached hydrogen (secondary N) is 1. The van der Waals surface area contributed by atoms with Gasteiger partial charge in [0, 0.05) is 19.1 Å². The lowest BCUT2D eigenvalue weighted by atomic mass is 10.2. The summed E-state index contributed by atoms with van der Waals surface area (Å²) in [4.78, 5) is 14.4. The number of benzene rings is 1. The standard InChI is InChI=1S/C15H21N7O/c1-2-13(14(23)21-9-8-11(16)10-21)17-15-18-19-20-22(15)12-6-4-3-5-7-12/h3-7,11,13H,2,8-10,16H2,1H3,(H,17,18,20)/t11-,13?/m0/s1. The average Bonchev–Trinajstić information content (AvgIpc) is 3.21. The molecule has 1 aromatic carbocycles. The van der Waals surface area contributed by atoms with Crippen LogP contribution in [-0.4, -0.2) is 56.2 Å². The molecular formula is C15H21N7O. The lowest BCUT2D eigenvalue weighted by molar-refractivity contribution is -0.131. The second-order valence-corrected chi connectivity index (χ2v) is 5.69. The topological polar surface area (TPSA) is 102 Å². The van der Waals surface area contributed by atoms with E-state index in [0.717, 1.165) is 12.1 Å². The van der Waals surface area contributed by atoms with Crippen molar-refractivity contribution in [3.8, 4) is 5.69 Å². The van der Waals surface area contributed by atoms with Gasteiger partial charge < -0.3 is 16.0 Å². The van der Waals surface area contributed by atoms with Gasteiger partial charge in [0.1, 0.15) is 6.04 Å². The Morgan fingerprint density at radius 2 is 2.22 bits per heavy atom. The minimum atomic E-state index is -0.367. The number of hydrogen-bond donors (Lipinski definition) is 2. The van der Waals surface area contributed by atoms with Crippen molar-refractivity contribution < 1.29 is 4.79 Å². The molecule has 1 aliphatic rings. The summed E-state index contributed by atoms with van der Waals surface area (Å²) in [6.07, 6.45) is 1.50. The zero-order chi connectivity index (χ0) is 16.2. The molecule has 1 saturated heterocycles. The quantitative estimate of drug-likeness (QED) is 0.829. The van der Waals surface area contributed by atoms with Crippen LogP contribution >= 0.6 is 0 Å². The molecule has 3 N–H and O–H groups in total. The lowest BCUT2D eigenvalue weighted by Crippen LogP contribution is -2.43. The summed E-state index contributed by atoms with van der Waals surface area (Å²) in [5.74, 6) is 0.503. The van der Waals surface area contributed by atoms with Gasteiger partial charge >= 0.3 is 0 Å². The first-order chi connectivity index (χ1) is 11.2. The average molecular weight is 315 g/mol.